The number of nitrogens with zero attached hydrogens (tertiary/aromatic N) is 2. The summed E-state index contributed by atoms with van der Waals surface area (Å²) >= 11 is 3.27. The minimum atomic E-state index is -0.876. The largest absolute Gasteiger partial charge is 0.389 e. The SMILES string of the molecule is C[C@@H](O)c1c(F)cccc1-n1cc(Br)cn1. The van der Waals surface area contributed by atoms with Crippen molar-refractivity contribution in [2.45, 2.75) is 13.0 Å². The summed E-state index contributed by atoms with van der Waals surface area (Å²) in [5.41, 5.74) is 0.791. The number of rotatable bonds is 2. The first-order chi connectivity index (χ1) is 7.59. The van der Waals surface area contributed by atoms with E-state index in [1.807, 2.05) is 0 Å². The van der Waals surface area contributed by atoms with Crippen molar-refractivity contribution >= 4 is 15.9 Å². The number of hydrogen-bond donors (Lipinski definition) is 1. The van der Waals surface area contributed by atoms with E-state index in [-0.39, 0.29) is 5.56 Å². The first kappa shape index (κ1) is 11.3. The zero-order chi connectivity index (χ0) is 11.7. The van der Waals surface area contributed by atoms with Crippen molar-refractivity contribution in [3.8, 4) is 5.69 Å². The van der Waals surface area contributed by atoms with Gasteiger partial charge in [0.25, 0.3) is 0 Å². The van der Waals surface area contributed by atoms with Gasteiger partial charge >= 0.3 is 0 Å². The second-order valence-corrected chi connectivity index (χ2v) is 4.37. The van der Waals surface area contributed by atoms with Gasteiger partial charge in [0.1, 0.15) is 5.82 Å². The summed E-state index contributed by atoms with van der Waals surface area (Å²) in [6.07, 6.45) is 2.44. The second-order valence-electron chi connectivity index (χ2n) is 3.45. The van der Waals surface area contributed by atoms with E-state index in [4.69, 9.17) is 0 Å². The van der Waals surface area contributed by atoms with E-state index in [9.17, 15) is 9.50 Å². The molecule has 5 heteroatoms. The van der Waals surface area contributed by atoms with Gasteiger partial charge in [-0.2, -0.15) is 5.10 Å². The number of aromatic nitrogens is 2. The fraction of sp³-hybridized carbons (Fsp3) is 0.182. The molecule has 2 rings (SSSR count). The van der Waals surface area contributed by atoms with Crippen LogP contribution in [-0.2, 0) is 0 Å². The molecule has 0 aliphatic heterocycles. The minimum absolute atomic E-state index is 0.248. The Hall–Kier alpha value is -1.20. The first-order valence-corrected chi connectivity index (χ1v) is 5.56. The molecule has 2 aromatic rings. The number of aliphatic hydroxyl groups excluding tert-OH is 1. The van der Waals surface area contributed by atoms with E-state index in [1.165, 1.54) is 17.7 Å². The van der Waals surface area contributed by atoms with Crippen molar-refractivity contribution in [1.29, 1.82) is 0 Å². The molecule has 16 heavy (non-hydrogen) atoms. The highest BCUT2D eigenvalue weighted by molar-refractivity contribution is 9.10. The molecule has 3 nitrogen and oxygen atoms in total. The quantitative estimate of drug-likeness (QED) is 0.921. The Kier molecular flexibility index (Phi) is 3.07. The van der Waals surface area contributed by atoms with Gasteiger partial charge in [-0.15, -0.1) is 0 Å². The molecule has 0 aliphatic carbocycles. The van der Waals surface area contributed by atoms with Crippen LogP contribution in [0.3, 0.4) is 0 Å². The van der Waals surface area contributed by atoms with E-state index in [0.29, 0.717) is 5.69 Å². The van der Waals surface area contributed by atoms with Crippen LogP contribution in [0.15, 0.2) is 35.1 Å². The van der Waals surface area contributed by atoms with Crippen LogP contribution in [0.5, 0.6) is 0 Å². The summed E-state index contributed by atoms with van der Waals surface area (Å²) in [6, 6.07) is 4.63. The molecule has 0 spiro atoms. The normalized spacial score (nSPS) is 12.8. The Balaban J connectivity index is 2.60. The number of hydrogen-bond acceptors (Lipinski definition) is 2. The van der Waals surface area contributed by atoms with E-state index in [0.717, 1.165) is 4.47 Å². The lowest BCUT2D eigenvalue weighted by Gasteiger charge is -2.12. The molecule has 84 valence electrons. The fourth-order valence-electron chi connectivity index (χ4n) is 1.57. The Morgan fingerprint density at radius 3 is 2.81 bits per heavy atom. The lowest BCUT2D eigenvalue weighted by molar-refractivity contribution is 0.194. The minimum Gasteiger partial charge on any atom is -0.389 e. The van der Waals surface area contributed by atoms with Crippen LogP contribution in [0.25, 0.3) is 5.69 Å². The van der Waals surface area contributed by atoms with Crippen LogP contribution < -0.4 is 0 Å². The van der Waals surface area contributed by atoms with Crippen molar-refractivity contribution in [2.24, 2.45) is 0 Å². The zero-order valence-electron chi connectivity index (χ0n) is 8.56. The number of aliphatic hydroxyl groups is 1. The first-order valence-electron chi connectivity index (χ1n) is 4.76. The summed E-state index contributed by atoms with van der Waals surface area (Å²) in [5, 5.41) is 13.6. The van der Waals surface area contributed by atoms with Crippen molar-refractivity contribution in [1.82, 2.24) is 9.78 Å². The highest BCUT2D eigenvalue weighted by Crippen LogP contribution is 2.24. The van der Waals surface area contributed by atoms with Crippen LogP contribution in [0.1, 0.15) is 18.6 Å². The molecule has 1 heterocycles. The number of benzene rings is 1. The molecule has 0 amide bonds. The van der Waals surface area contributed by atoms with Crippen molar-refractivity contribution in [3.05, 3.63) is 46.4 Å². The molecule has 0 fully saturated rings. The molecule has 1 N–H and O–H groups in total. The third-order valence-electron chi connectivity index (χ3n) is 2.25. The Bertz CT molecular complexity index is 510. The van der Waals surface area contributed by atoms with Gasteiger partial charge in [0.15, 0.2) is 0 Å². The monoisotopic (exact) mass is 284 g/mol. The highest BCUT2D eigenvalue weighted by Gasteiger charge is 2.15. The molecular formula is C11H10BrFN2O. The van der Waals surface area contributed by atoms with Crippen molar-refractivity contribution < 1.29 is 9.50 Å². The van der Waals surface area contributed by atoms with Crippen LogP contribution in [0.4, 0.5) is 4.39 Å². The molecule has 0 saturated carbocycles. The molecule has 0 aliphatic rings. The topological polar surface area (TPSA) is 38.0 Å². The van der Waals surface area contributed by atoms with E-state index < -0.39 is 11.9 Å². The van der Waals surface area contributed by atoms with E-state index >= 15 is 0 Å². The lowest BCUT2D eigenvalue weighted by Crippen LogP contribution is -2.05. The molecule has 0 unspecified atom stereocenters. The molecular weight excluding hydrogens is 275 g/mol. The van der Waals surface area contributed by atoms with Gasteiger partial charge in [-0.1, -0.05) is 6.07 Å². The van der Waals surface area contributed by atoms with Gasteiger partial charge in [0.2, 0.25) is 0 Å². The Morgan fingerprint density at radius 1 is 1.50 bits per heavy atom. The van der Waals surface area contributed by atoms with E-state index in [2.05, 4.69) is 21.0 Å². The molecule has 0 saturated heterocycles. The fourth-order valence-corrected chi connectivity index (χ4v) is 1.86. The van der Waals surface area contributed by atoms with Gasteiger partial charge in [-0.25, -0.2) is 9.07 Å². The highest BCUT2D eigenvalue weighted by atomic mass is 79.9. The van der Waals surface area contributed by atoms with Crippen molar-refractivity contribution in [3.63, 3.8) is 0 Å². The van der Waals surface area contributed by atoms with Gasteiger partial charge < -0.3 is 5.11 Å². The number of halogens is 2. The lowest BCUT2D eigenvalue weighted by atomic mass is 10.1. The third-order valence-corrected chi connectivity index (χ3v) is 2.66. The Morgan fingerprint density at radius 2 is 2.25 bits per heavy atom. The maximum Gasteiger partial charge on any atom is 0.131 e. The van der Waals surface area contributed by atoms with E-state index in [1.54, 1.807) is 24.5 Å². The van der Waals surface area contributed by atoms with Gasteiger partial charge in [0.05, 0.1) is 22.5 Å². The van der Waals surface area contributed by atoms with Crippen LogP contribution in [0, 0.1) is 5.82 Å². The summed E-state index contributed by atoms with van der Waals surface area (Å²) < 4.78 is 15.9. The summed E-state index contributed by atoms with van der Waals surface area (Å²) in [6.45, 7) is 1.53. The summed E-state index contributed by atoms with van der Waals surface area (Å²) in [7, 11) is 0. The van der Waals surface area contributed by atoms with Gasteiger partial charge in [-0.3, -0.25) is 0 Å². The van der Waals surface area contributed by atoms with Crippen LogP contribution in [-0.4, -0.2) is 14.9 Å². The standard InChI is InChI=1S/C11H10BrFN2O/c1-7(16)11-9(13)3-2-4-10(11)15-6-8(12)5-14-15/h2-7,16H,1H3/t7-/m1/s1. The smallest absolute Gasteiger partial charge is 0.131 e. The molecule has 1 aromatic carbocycles. The predicted molar refractivity (Wildman–Crippen MR) is 61.9 cm³/mol. The predicted octanol–water partition coefficient (Wildman–Crippen LogP) is 2.83. The van der Waals surface area contributed by atoms with Crippen LogP contribution >= 0.6 is 15.9 Å². The third kappa shape index (κ3) is 2.01. The van der Waals surface area contributed by atoms with Gasteiger partial charge in [-0.05, 0) is 35.0 Å². The molecule has 1 aromatic heterocycles. The maximum absolute atomic E-state index is 13.6. The summed E-state index contributed by atoms with van der Waals surface area (Å²) in [5.74, 6) is -0.431. The van der Waals surface area contributed by atoms with Crippen molar-refractivity contribution in [2.75, 3.05) is 0 Å². The molecule has 1 atom stereocenters. The summed E-state index contributed by atoms with van der Waals surface area (Å²) in [4.78, 5) is 0. The Labute approximate surface area is 101 Å². The average molecular weight is 285 g/mol. The molecule has 0 radical (unpaired) electrons. The van der Waals surface area contributed by atoms with Gasteiger partial charge in [0, 0.05) is 11.8 Å². The second kappa shape index (κ2) is 4.35. The zero-order valence-corrected chi connectivity index (χ0v) is 10.1. The molecule has 0 bridgehead atoms. The van der Waals surface area contributed by atoms with Crippen LogP contribution in [0.2, 0.25) is 0 Å². The maximum atomic E-state index is 13.6. The average Bonchev–Trinajstić information content (AvgIpc) is 2.63.